The van der Waals surface area contributed by atoms with E-state index >= 15 is 0 Å². The van der Waals surface area contributed by atoms with Crippen LogP contribution in [0.3, 0.4) is 0 Å². The molecular formula is C16H22ClNO3. The largest absolute Gasteiger partial charge is 0.478 e. The average Bonchev–Trinajstić information content (AvgIpc) is 2.41. The molecule has 0 saturated carbocycles. The molecule has 0 heterocycles. The summed E-state index contributed by atoms with van der Waals surface area (Å²) in [6, 6.07) is 5.45. The smallest absolute Gasteiger partial charge is 0.328 e. The summed E-state index contributed by atoms with van der Waals surface area (Å²) in [5.74, 6) is -0.500. The van der Waals surface area contributed by atoms with Gasteiger partial charge in [0.15, 0.2) is 0 Å². The predicted molar refractivity (Wildman–Crippen MR) is 87.0 cm³/mol. The lowest BCUT2D eigenvalue weighted by Crippen LogP contribution is -2.31. The quantitative estimate of drug-likeness (QED) is 0.746. The van der Waals surface area contributed by atoms with Gasteiger partial charge in [-0.2, -0.15) is 0 Å². The van der Waals surface area contributed by atoms with Gasteiger partial charge in [0, 0.05) is 37.0 Å². The Hall–Kier alpha value is -1.52. The van der Waals surface area contributed by atoms with Crippen LogP contribution in [0.2, 0.25) is 5.02 Å². The lowest BCUT2D eigenvalue weighted by Gasteiger charge is -2.28. The van der Waals surface area contributed by atoms with Crippen LogP contribution >= 0.6 is 11.6 Å². The van der Waals surface area contributed by atoms with E-state index < -0.39 is 5.97 Å². The van der Waals surface area contributed by atoms with Crippen molar-refractivity contribution in [1.29, 1.82) is 0 Å². The first-order valence-corrected chi connectivity index (χ1v) is 7.26. The van der Waals surface area contributed by atoms with Gasteiger partial charge in [-0.1, -0.05) is 31.5 Å². The van der Waals surface area contributed by atoms with Crippen molar-refractivity contribution in [3.63, 3.8) is 0 Å². The summed E-state index contributed by atoms with van der Waals surface area (Å²) in [7, 11) is 1.66. The second-order valence-corrected chi connectivity index (χ2v) is 5.64. The zero-order chi connectivity index (χ0) is 15.8. The lowest BCUT2D eigenvalue weighted by atomic mass is 10.1. The first kappa shape index (κ1) is 17.5. The molecular weight excluding hydrogens is 290 g/mol. The third kappa shape index (κ3) is 6.19. The van der Waals surface area contributed by atoms with E-state index in [9.17, 15) is 4.79 Å². The van der Waals surface area contributed by atoms with E-state index in [1.807, 2.05) is 12.1 Å². The molecule has 1 N–H and O–H groups in total. The van der Waals surface area contributed by atoms with Gasteiger partial charge < -0.3 is 14.7 Å². The van der Waals surface area contributed by atoms with Gasteiger partial charge in [-0.25, -0.2) is 4.79 Å². The summed E-state index contributed by atoms with van der Waals surface area (Å²) in [6.07, 6.45) is 2.73. The summed E-state index contributed by atoms with van der Waals surface area (Å²) in [6.45, 7) is 6.44. The van der Waals surface area contributed by atoms with E-state index in [1.54, 1.807) is 19.3 Å². The van der Waals surface area contributed by atoms with E-state index in [0.717, 1.165) is 30.4 Å². The molecule has 0 radical (unpaired) electrons. The fraction of sp³-hybridized carbons (Fsp3) is 0.438. The monoisotopic (exact) mass is 311 g/mol. The molecule has 0 amide bonds. The van der Waals surface area contributed by atoms with E-state index in [1.165, 1.54) is 0 Å². The van der Waals surface area contributed by atoms with Crippen LogP contribution < -0.4 is 4.90 Å². The third-order valence-electron chi connectivity index (χ3n) is 2.89. The summed E-state index contributed by atoms with van der Waals surface area (Å²) < 4.78 is 5.16. The third-order valence-corrected chi connectivity index (χ3v) is 3.12. The fourth-order valence-corrected chi connectivity index (χ4v) is 2.21. The predicted octanol–water partition coefficient (Wildman–Crippen LogP) is 3.55. The topological polar surface area (TPSA) is 49.8 Å². The van der Waals surface area contributed by atoms with Crippen LogP contribution in [-0.2, 0) is 9.53 Å². The molecule has 0 aliphatic rings. The van der Waals surface area contributed by atoms with Gasteiger partial charge in [-0.05, 0) is 29.7 Å². The number of nitrogens with zero attached hydrogens (tertiary/aromatic N) is 1. The number of ether oxygens (including phenoxy) is 1. The first-order valence-electron chi connectivity index (χ1n) is 6.88. The normalized spacial score (nSPS) is 11.3. The Morgan fingerprint density at radius 3 is 2.76 bits per heavy atom. The molecule has 1 aromatic rings. The van der Waals surface area contributed by atoms with Crippen molar-refractivity contribution in [1.82, 2.24) is 0 Å². The Kier molecular flexibility index (Phi) is 7.26. The van der Waals surface area contributed by atoms with Gasteiger partial charge in [-0.15, -0.1) is 0 Å². The highest BCUT2D eigenvalue weighted by molar-refractivity contribution is 6.31. The van der Waals surface area contributed by atoms with Gasteiger partial charge in [0.25, 0.3) is 0 Å². The number of carboxylic acid groups (broad SMARTS) is 1. The fourth-order valence-electron chi connectivity index (χ4n) is 2.05. The Morgan fingerprint density at radius 1 is 1.48 bits per heavy atom. The number of carboxylic acids is 1. The molecule has 0 aromatic heterocycles. The summed E-state index contributed by atoms with van der Waals surface area (Å²) in [4.78, 5) is 12.9. The van der Waals surface area contributed by atoms with Crippen molar-refractivity contribution in [2.24, 2.45) is 5.92 Å². The SMILES string of the molecule is COCCN(CC(C)C)c1cc(Cl)ccc1/C=C/C(=O)O. The Balaban J connectivity index is 3.13. The number of hydrogen-bond acceptors (Lipinski definition) is 3. The first-order chi connectivity index (χ1) is 9.93. The van der Waals surface area contributed by atoms with Crippen LogP contribution in [0.4, 0.5) is 5.69 Å². The molecule has 0 spiro atoms. The Labute approximate surface area is 131 Å². The molecule has 116 valence electrons. The second-order valence-electron chi connectivity index (χ2n) is 5.21. The van der Waals surface area contributed by atoms with Crippen molar-refractivity contribution < 1.29 is 14.6 Å². The molecule has 0 bridgehead atoms. The standard InChI is InChI=1S/C16H22ClNO3/c1-12(2)11-18(8-9-21-3)15-10-14(17)6-4-13(15)5-7-16(19)20/h4-7,10,12H,8-9,11H2,1-3H3,(H,19,20)/b7-5+. The van der Waals surface area contributed by atoms with Gasteiger partial charge in [0.2, 0.25) is 0 Å². The number of aliphatic carboxylic acids is 1. The molecule has 1 aromatic carbocycles. The second kappa shape index (κ2) is 8.70. The molecule has 0 unspecified atom stereocenters. The van der Waals surface area contributed by atoms with Gasteiger partial charge in [-0.3, -0.25) is 0 Å². The minimum absolute atomic E-state index is 0.470. The van der Waals surface area contributed by atoms with Gasteiger partial charge in [0.05, 0.1) is 6.61 Å². The van der Waals surface area contributed by atoms with Gasteiger partial charge >= 0.3 is 5.97 Å². The van der Waals surface area contributed by atoms with Crippen molar-refractivity contribution in [2.75, 3.05) is 31.7 Å². The number of carbonyl (C=O) groups is 1. The molecule has 0 saturated heterocycles. The van der Waals surface area contributed by atoms with Crippen LogP contribution in [-0.4, -0.2) is 37.9 Å². The number of rotatable bonds is 8. The molecule has 4 nitrogen and oxygen atoms in total. The number of halogens is 1. The molecule has 5 heteroatoms. The van der Waals surface area contributed by atoms with Crippen molar-refractivity contribution >= 4 is 29.3 Å². The Bertz CT molecular complexity index is 500. The van der Waals surface area contributed by atoms with Crippen molar-refractivity contribution in [3.05, 3.63) is 34.9 Å². The van der Waals surface area contributed by atoms with E-state index in [4.69, 9.17) is 21.4 Å². The maximum Gasteiger partial charge on any atom is 0.328 e. The van der Waals surface area contributed by atoms with Gasteiger partial charge in [0.1, 0.15) is 0 Å². The number of methoxy groups -OCH3 is 1. The highest BCUT2D eigenvalue weighted by Crippen LogP contribution is 2.27. The zero-order valence-corrected chi connectivity index (χ0v) is 13.4. The minimum Gasteiger partial charge on any atom is -0.478 e. The molecule has 0 fully saturated rings. The Morgan fingerprint density at radius 2 is 2.19 bits per heavy atom. The van der Waals surface area contributed by atoms with Crippen LogP contribution in [0, 0.1) is 5.92 Å². The van der Waals surface area contributed by atoms with Crippen molar-refractivity contribution in [3.8, 4) is 0 Å². The minimum atomic E-state index is -0.969. The summed E-state index contributed by atoms with van der Waals surface area (Å²) in [5, 5.41) is 9.43. The highest BCUT2D eigenvalue weighted by Gasteiger charge is 2.12. The van der Waals surface area contributed by atoms with Crippen LogP contribution in [0.1, 0.15) is 19.4 Å². The van der Waals surface area contributed by atoms with Crippen LogP contribution in [0.15, 0.2) is 24.3 Å². The number of hydrogen-bond donors (Lipinski definition) is 1. The number of anilines is 1. The molecule has 0 aliphatic carbocycles. The molecule has 0 atom stereocenters. The summed E-state index contributed by atoms with van der Waals surface area (Å²) >= 11 is 6.10. The number of benzene rings is 1. The average molecular weight is 312 g/mol. The van der Waals surface area contributed by atoms with E-state index in [2.05, 4.69) is 18.7 Å². The molecule has 0 aliphatic heterocycles. The van der Waals surface area contributed by atoms with Crippen molar-refractivity contribution in [2.45, 2.75) is 13.8 Å². The van der Waals surface area contributed by atoms with E-state index in [0.29, 0.717) is 17.5 Å². The van der Waals surface area contributed by atoms with E-state index in [-0.39, 0.29) is 0 Å². The zero-order valence-electron chi connectivity index (χ0n) is 12.7. The maximum atomic E-state index is 10.7. The van der Waals surface area contributed by atoms with Crippen LogP contribution in [0.25, 0.3) is 6.08 Å². The molecule has 21 heavy (non-hydrogen) atoms. The lowest BCUT2D eigenvalue weighted by molar-refractivity contribution is -0.131. The molecule has 1 rings (SSSR count). The maximum absolute atomic E-state index is 10.7. The van der Waals surface area contributed by atoms with Crippen LogP contribution in [0.5, 0.6) is 0 Å². The highest BCUT2D eigenvalue weighted by atomic mass is 35.5. The summed E-state index contributed by atoms with van der Waals surface area (Å²) in [5.41, 5.74) is 1.75.